The molecule has 136 valence electrons. The van der Waals surface area contributed by atoms with Gasteiger partial charge in [-0.05, 0) is 37.3 Å². The third-order valence-electron chi connectivity index (χ3n) is 3.89. The zero-order valence-electron chi connectivity index (χ0n) is 13.4. The maximum absolute atomic E-state index is 13.6. The maximum atomic E-state index is 13.6. The predicted octanol–water partition coefficient (Wildman–Crippen LogP) is 3.00. The number of aliphatic hydroxyl groups is 1. The minimum Gasteiger partial charge on any atom is -0.501 e. The lowest BCUT2D eigenvalue weighted by Crippen LogP contribution is -2.32. The van der Waals surface area contributed by atoms with Gasteiger partial charge in [0.2, 0.25) is 17.2 Å². The molecule has 3 rings (SSSR count). The van der Waals surface area contributed by atoms with Crippen LogP contribution in [0.15, 0.2) is 65.1 Å². The zero-order valence-corrected chi connectivity index (χ0v) is 14.9. The van der Waals surface area contributed by atoms with E-state index in [4.69, 9.17) is 16.3 Å². The van der Waals surface area contributed by atoms with Crippen LogP contribution in [-0.2, 0) is 25.2 Å². The SMILES string of the molecule is CC1(c2cc(F)ccc2Cl)OC(NS(=O)(=O)c2ccccc2)=C(O)C1=O. The van der Waals surface area contributed by atoms with Crippen molar-refractivity contribution in [1.82, 2.24) is 4.72 Å². The number of halogens is 2. The van der Waals surface area contributed by atoms with Crippen LogP contribution in [0.1, 0.15) is 12.5 Å². The molecule has 26 heavy (non-hydrogen) atoms. The highest BCUT2D eigenvalue weighted by Crippen LogP contribution is 2.40. The Labute approximate surface area is 153 Å². The van der Waals surface area contributed by atoms with Crippen molar-refractivity contribution >= 4 is 27.4 Å². The first-order chi connectivity index (χ1) is 12.1. The zero-order chi connectivity index (χ0) is 19.1. The molecule has 6 nitrogen and oxygen atoms in total. The topological polar surface area (TPSA) is 92.7 Å². The third kappa shape index (κ3) is 3.02. The summed E-state index contributed by atoms with van der Waals surface area (Å²) >= 11 is 6.02. The Morgan fingerprint density at radius 2 is 1.85 bits per heavy atom. The Morgan fingerprint density at radius 1 is 1.19 bits per heavy atom. The summed E-state index contributed by atoms with van der Waals surface area (Å²) in [5, 5.41) is 10.1. The van der Waals surface area contributed by atoms with E-state index in [1.165, 1.54) is 37.3 Å². The van der Waals surface area contributed by atoms with E-state index >= 15 is 0 Å². The van der Waals surface area contributed by atoms with Gasteiger partial charge in [-0.25, -0.2) is 17.5 Å². The lowest BCUT2D eigenvalue weighted by atomic mass is 9.91. The van der Waals surface area contributed by atoms with Gasteiger partial charge in [0, 0.05) is 10.6 Å². The Bertz CT molecular complexity index is 1020. The molecule has 1 heterocycles. The van der Waals surface area contributed by atoms with E-state index in [9.17, 15) is 22.7 Å². The van der Waals surface area contributed by atoms with E-state index in [0.717, 1.165) is 12.1 Å². The van der Waals surface area contributed by atoms with Gasteiger partial charge in [0.05, 0.1) is 4.90 Å². The van der Waals surface area contributed by atoms with Crippen LogP contribution in [0.5, 0.6) is 0 Å². The number of carbonyl (C=O) groups excluding carboxylic acids is 1. The highest BCUT2D eigenvalue weighted by Gasteiger charge is 2.50. The molecule has 0 aliphatic carbocycles. The van der Waals surface area contributed by atoms with Gasteiger partial charge in [-0.1, -0.05) is 29.8 Å². The van der Waals surface area contributed by atoms with Crippen LogP contribution in [0.2, 0.25) is 5.02 Å². The van der Waals surface area contributed by atoms with Crippen molar-refractivity contribution in [3.8, 4) is 0 Å². The summed E-state index contributed by atoms with van der Waals surface area (Å²) in [6, 6.07) is 10.6. The average Bonchev–Trinajstić information content (AvgIpc) is 2.82. The second-order valence-electron chi connectivity index (χ2n) is 5.68. The van der Waals surface area contributed by atoms with Crippen molar-refractivity contribution in [2.45, 2.75) is 17.4 Å². The Morgan fingerprint density at radius 3 is 2.50 bits per heavy atom. The Balaban J connectivity index is 1.97. The van der Waals surface area contributed by atoms with Crippen LogP contribution >= 0.6 is 11.6 Å². The first kappa shape index (κ1) is 18.2. The van der Waals surface area contributed by atoms with E-state index in [-0.39, 0.29) is 15.5 Å². The summed E-state index contributed by atoms with van der Waals surface area (Å²) in [5.41, 5.74) is -1.91. The third-order valence-corrected chi connectivity index (χ3v) is 5.57. The number of rotatable bonds is 4. The molecular weight excluding hydrogens is 385 g/mol. The summed E-state index contributed by atoms with van der Waals surface area (Å²) in [6.07, 6.45) is 0. The summed E-state index contributed by atoms with van der Waals surface area (Å²) in [5.74, 6) is -3.19. The molecule has 0 saturated heterocycles. The van der Waals surface area contributed by atoms with E-state index < -0.39 is 38.9 Å². The van der Waals surface area contributed by atoms with Gasteiger partial charge in [-0.2, -0.15) is 0 Å². The fourth-order valence-corrected chi connectivity index (χ4v) is 3.83. The van der Waals surface area contributed by atoms with Gasteiger partial charge < -0.3 is 9.84 Å². The van der Waals surface area contributed by atoms with Gasteiger partial charge in [0.15, 0.2) is 0 Å². The fourth-order valence-electron chi connectivity index (χ4n) is 2.52. The Hall–Kier alpha value is -2.58. The van der Waals surface area contributed by atoms with E-state index in [0.29, 0.717) is 0 Å². The number of hydrogen-bond acceptors (Lipinski definition) is 5. The van der Waals surface area contributed by atoms with Crippen molar-refractivity contribution in [3.05, 3.63) is 76.6 Å². The lowest BCUT2D eigenvalue weighted by molar-refractivity contribution is -0.131. The number of carbonyl (C=O) groups is 1. The number of ether oxygens (including phenoxy) is 1. The summed E-state index contributed by atoms with van der Waals surface area (Å²) < 4.78 is 45.7. The normalized spacial score (nSPS) is 20.2. The summed E-state index contributed by atoms with van der Waals surface area (Å²) in [7, 11) is -4.10. The van der Waals surface area contributed by atoms with Crippen LogP contribution in [0.4, 0.5) is 4.39 Å². The Kier molecular flexibility index (Phi) is 4.41. The minimum atomic E-state index is -4.10. The monoisotopic (exact) mass is 397 g/mol. The number of aliphatic hydroxyl groups excluding tert-OH is 1. The molecule has 0 aromatic heterocycles. The molecule has 0 fully saturated rings. The summed E-state index contributed by atoms with van der Waals surface area (Å²) in [6.45, 7) is 1.26. The molecule has 2 aromatic carbocycles. The number of ketones is 1. The number of hydrogen-bond donors (Lipinski definition) is 2. The van der Waals surface area contributed by atoms with Crippen LogP contribution < -0.4 is 4.72 Å². The van der Waals surface area contributed by atoms with Gasteiger partial charge in [0.25, 0.3) is 15.8 Å². The van der Waals surface area contributed by atoms with Crippen molar-refractivity contribution in [1.29, 1.82) is 0 Å². The highest BCUT2D eigenvalue weighted by molar-refractivity contribution is 7.89. The van der Waals surface area contributed by atoms with Crippen molar-refractivity contribution in [2.24, 2.45) is 0 Å². The quantitative estimate of drug-likeness (QED) is 0.827. The molecule has 0 bridgehead atoms. The molecule has 1 unspecified atom stereocenters. The molecule has 0 radical (unpaired) electrons. The van der Waals surface area contributed by atoms with Gasteiger partial charge in [-0.3, -0.25) is 4.79 Å². The molecule has 1 aliphatic rings. The van der Waals surface area contributed by atoms with Gasteiger partial charge >= 0.3 is 0 Å². The van der Waals surface area contributed by atoms with E-state index in [1.54, 1.807) is 6.07 Å². The first-order valence-electron chi connectivity index (χ1n) is 7.35. The molecule has 2 N–H and O–H groups in total. The average molecular weight is 398 g/mol. The van der Waals surface area contributed by atoms with Crippen LogP contribution in [-0.4, -0.2) is 19.3 Å². The number of benzene rings is 2. The van der Waals surface area contributed by atoms with Crippen molar-refractivity contribution < 1.29 is 27.4 Å². The fraction of sp³-hybridized carbons (Fsp3) is 0.118. The molecule has 1 atom stereocenters. The van der Waals surface area contributed by atoms with E-state index in [2.05, 4.69) is 0 Å². The highest BCUT2D eigenvalue weighted by atomic mass is 35.5. The standard InChI is InChI=1S/C17H13ClFNO5S/c1-17(12-9-10(19)7-8-13(12)18)15(22)14(21)16(25-17)20-26(23,24)11-5-3-2-4-6-11/h2-9,20-21H,1H3. The van der Waals surface area contributed by atoms with Gasteiger partial charge in [0.1, 0.15) is 5.82 Å². The second-order valence-corrected chi connectivity index (χ2v) is 7.77. The first-order valence-corrected chi connectivity index (χ1v) is 9.22. The lowest BCUT2D eigenvalue weighted by Gasteiger charge is -2.24. The molecule has 0 spiro atoms. The number of sulfonamides is 1. The molecule has 0 saturated carbocycles. The van der Waals surface area contributed by atoms with E-state index in [1.807, 2.05) is 4.72 Å². The molecular formula is C17H13ClFNO5S. The molecule has 9 heteroatoms. The van der Waals surface area contributed by atoms with Crippen molar-refractivity contribution in [3.63, 3.8) is 0 Å². The van der Waals surface area contributed by atoms with Gasteiger partial charge in [-0.15, -0.1) is 0 Å². The van der Waals surface area contributed by atoms with Crippen LogP contribution in [0.25, 0.3) is 0 Å². The summed E-state index contributed by atoms with van der Waals surface area (Å²) in [4.78, 5) is 12.4. The molecule has 2 aromatic rings. The largest absolute Gasteiger partial charge is 0.501 e. The molecule has 1 aliphatic heterocycles. The molecule has 0 amide bonds. The predicted molar refractivity (Wildman–Crippen MR) is 91.3 cm³/mol. The van der Waals surface area contributed by atoms with Crippen molar-refractivity contribution in [2.75, 3.05) is 0 Å². The maximum Gasteiger partial charge on any atom is 0.264 e. The minimum absolute atomic E-state index is 0.0298. The van der Waals surface area contributed by atoms with Crippen LogP contribution in [0.3, 0.4) is 0 Å². The second kappa shape index (κ2) is 6.30. The number of nitrogens with one attached hydrogen (secondary N) is 1. The smallest absolute Gasteiger partial charge is 0.264 e. The number of Topliss-reactive ketones (excluding diaryl/α,β-unsaturated/α-hetero) is 1. The van der Waals surface area contributed by atoms with Crippen LogP contribution in [0, 0.1) is 5.82 Å².